The number of aromatic nitrogens is 1. The zero-order valence-electron chi connectivity index (χ0n) is 10.2. The van der Waals surface area contributed by atoms with Crippen LogP contribution in [0.5, 0.6) is 0 Å². The standard InChI is InChI=1S/C15H13FN2S/c16-12-6-3-5-11(9-17)15(12)19-14-8-10-4-1-2-7-13(10)18-14/h1-8,18H,9,17H2. The summed E-state index contributed by atoms with van der Waals surface area (Å²) in [5, 5.41) is 2.04. The molecule has 0 unspecified atom stereocenters. The molecular formula is C15H13FN2S. The van der Waals surface area contributed by atoms with Crippen LogP contribution in [0.1, 0.15) is 5.56 Å². The molecule has 0 spiro atoms. The summed E-state index contributed by atoms with van der Waals surface area (Å²) in [5.41, 5.74) is 7.53. The lowest BCUT2D eigenvalue weighted by Gasteiger charge is -2.06. The fourth-order valence-electron chi connectivity index (χ4n) is 2.04. The van der Waals surface area contributed by atoms with Crippen molar-refractivity contribution in [1.82, 2.24) is 4.98 Å². The van der Waals surface area contributed by atoms with E-state index in [0.29, 0.717) is 11.4 Å². The van der Waals surface area contributed by atoms with Crippen molar-refractivity contribution >= 4 is 22.7 Å². The van der Waals surface area contributed by atoms with Crippen molar-refractivity contribution in [2.45, 2.75) is 16.5 Å². The van der Waals surface area contributed by atoms with Crippen LogP contribution in [-0.4, -0.2) is 4.98 Å². The largest absolute Gasteiger partial charge is 0.349 e. The molecule has 1 heterocycles. The van der Waals surface area contributed by atoms with Crippen molar-refractivity contribution in [1.29, 1.82) is 0 Å². The normalized spacial score (nSPS) is 11.1. The van der Waals surface area contributed by atoms with Crippen molar-refractivity contribution in [3.8, 4) is 0 Å². The highest BCUT2D eigenvalue weighted by Gasteiger charge is 2.10. The monoisotopic (exact) mass is 272 g/mol. The van der Waals surface area contributed by atoms with Gasteiger partial charge in [0.05, 0.1) is 9.92 Å². The molecule has 0 radical (unpaired) electrons. The molecule has 3 rings (SSSR count). The number of benzene rings is 2. The number of hydrogen-bond acceptors (Lipinski definition) is 2. The van der Waals surface area contributed by atoms with Crippen molar-refractivity contribution in [2.24, 2.45) is 5.73 Å². The molecule has 0 aliphatic carbocycles. The zero-order chi connectivity index (χ0) is 13.2. The molecule has 4 heteroatoms. The molecule has 0 saturated carbocycles. The van der Waals surface area contributed by atoms with E-state index >= 15 is 0 Å². The highest BCUT2D eigenvalue weighted by molar-refractivity contribution is 7.99. The van der Waals surface area contributed by atoms with E-state index in [4.69, 9.17) is 5.73 Å². The van der Waals surface area contributed by atoms with Gasteiger partial charge in [-0.15, -0.1) is 0 Å². The number of para-hydroxylation sites is 1. The van der Waals surface area contributed by atoms with Crippen LogP contribution < -0.4 is 5.73 Å². The first-order chi connectivity index (χ1) is 9.28. The minimum Gasteiger partial charge on any atom is -0.349 e. The summed E-state index contributed by atoms with van der Waals surface area (Å²) < 4.78 is 13.9. The molecule has 3 aromatic rings. The summed E-state index contributed by atoms with van der Waals surface area (Å²) in [6, 6.07) is 15.0. The minimum absolute atomic E-state index is 0.230. The number of halogens is 1. The second-order valence-corrected chi connectivity index (χ2v) is 5.31. The maximum absolute atomic E-state index is 13.9. The Bertz CT molecular complexity index is 688. The average Bonchev–Trinajstić information content (AvgIpc) is 2.83. The average molecular weight is 272 g/mol. The molecule has 2 aromatic carbocycles. The first-order valence-corrected chi connectivity index (χ1v) is 6.82. The highest BCUT2D eigenvalue weighted by atomic mass is 32.2. The van der Waals surface area contributed by atoms with Gasteiger partial charge in [-0.25, -0.2) is 4.39 Å². The Morgan fingerprint density at radius 1 is 1.11 bits per heavy atom. The molecule has 19 heavy (non-hydrogen) atoms. The summed E-state index contributed by atoms with van der Waals surface area (Å²) in [6.45, 7) is 0.334. The summed E-state index contributed by atoms with van der Waals surface area (Å²) >= 11 is 1.38. The van der Waals surface area contributed by atoms with Crippen molar-refractivity contribution in [3.05, 3.63) is 59.9 Å². The van der Waals surface area contributed by atoms with Gasteiger partial charge < -0.3 is 10.7 Å². The molecule has 0 aliphatic rings. The van der Waals surface area contributed by atoms with Gasteiger partial charge in [0, 0.05) is 17.4 Å². The first-order valence-electron chi connectivity index (χ1n) is 6.01. The molecule has 1 aromatic heterocycles. The van der Waals surface area contributed by atoms with Crippen LogP contribution in [0.2, 0.25) is 0 Å². The fourth-order valence-corrected chi connectivity index (χ4v) is 3.06. The van der Waals surface area contributed by atoms with E-state index < -0.39 is 0 Å². The van der Waals surface area contributed by atoms with Crippen LogP contribution in [0.15, 0.2) is 58.5 Å². The van der Waals surface area contributed by atoms with Crippen LogP contribution >= 0.6 is 11.8 Å². The van der Waals surface area contributed by atoms with Gasteiger partial charge in [-0.1, -0.05) is 42.1 Å². The molecule has 0 saturated heterocycles. The van der Waals surface area contributed by atoms with Gasteiger partial charge in [0.15, 0.2) is 0 Å². The maximum atomic E-state index is 13.9. The first kappa shape index (κ1) is 12.3. The highest BCUT2D eigenvalue weighted by Crippen LogP contribution is 2.33. The molecule has 3 N–H and O–H groups in total. The number of H-pyrrole nitrogens is 1. The van der Waals surface area contributed by atoms with Crippen LogP contribution in [0.3, 0.4) is 0 Å². The Morgan fingerprint density at radius 3 is 2.74 bits per heavy atom. The van der Waals surface area contributed by atoms with Gasteiger partial charge in [0.2, 0.25) is 0 Å². The summed E-state index contributed by atoms with van der Waals surface area (Å²) in [4.78, 5) is 3.87. The number of rotatable bonds is 3. The topological polar surface area (TPSA) is 41.8 Å². The molecule has 0 aliphatic heterocycles. The summed E-state index contributed by atoms with van der Waals surface area (Å²) in [5.74, 6) is -0.230. The maximum Gasteiger partial charge on any atom is 0.137 e. The van der Waals surface area contributed by atoms with E-state index in [-0.39, 0.29) is 5.82 Å². The second kappa shape index (κ2) is 5.07. The van der Waals surface area contributed by atoms with E-state index in [0.717, 1.165) is 21.5 Å². The van der Waals surface area contributed by atoms with Gasteiger partial charge in [0.25, 0.3) is 0 Å². The number of nitrogens with two attached hydrogens (primary N) is 1. The number of aromatic amines is 1. The van der Waals surface area contributed by atoms with Crippen molar-refractivity contribution in [3.63, 3.8) is 0 Å². The predicted octanol–water partition coefficient (Wildman–Crippen LogP) is 3.92. The van der Waals surface area contributed by atoms with Crippen LogP contribution in [0.4, 0.5) is 4.39 Å². The molecule has 0 atom stereocenters. The van der Waals surface area contributed by atoms with E-state index in [1.54, 1.807) is 6.07 Å². The zero-order valence-corrected chi connectivity index (χ0v) is 11.0. The van der Waals surface area contributed by atoms with Crippen LogP contribution in [0.25, 0.3) is 10.9 Å². The Balaban J connectivity index is 2.01. The quantitative estimate of drug-likeness (QED) is 0.759. The number of hydrogen-bond donors (Lipinski definition) is 2. The minimum atomic E-state index is -0.230. The lowest BCUT2D eigenvalue weighted by atomic mass is 10.2. The van der Waals surface area contributed by atoms with Gasteiger partial charge >= 0.3 is 0 Å². The third-order valence-electron chi connectivity index (χ3n) is 2.99. The molecule has 2 nitrogen and oxygen atoms in total. The van der Waals surface area contributed by atoms with Gasteiger partial charge in [-0.3, -0.25) is 0 Å². The number of nitrogens with one attached hydrogen (secondary N) is 1. The van der Waals surface area contributed by atoms with Crippen molar-refractivity contribution in [2.75, 3.05) is 0 Å². The fraction of sp³-hybridized carbons (Fsp3) is 0.0667. The van der Waals surface area contributed by atoms with E-state index in [1.165, 1.54) is 17.8 Å². The van der Waals surface area contributed by atoms with E-state index in [9.17, 15) is 4.39 Å². The smallest absolute Gasteiger partial charge is 0.137 e. The SMILES string of the molecule is NCc1cccc(F)c1Sc1cc2ccccc2[nH]1. The molecule has 0 amide bonds. The lowest BCUT2D eigenvalue weighted by Crippen LogP contribution is -1.99. The number of fused-ring (bicyclic) bond motifs is 1. The van der Waals surface area contributed by atoms with Gasteiger partial charge in [-0.05, 0) is 23.8 Å². The Morgan fingerprint density at radius 2 is 1.95 bits per heavy atom. The van der Waals surface area contributed by atoms with Crippen LogP contribution in [0, 0.1) is 5.82 Å². The molecule has 96 valence electrons. The third-order valence-corrected chi connectivity index (χ3v) is 4.09. The predicted molar refractivity (Wildman–Crippen MR) is 76.7 cm³/mol. The van der Waals surface area contributed by atoms with Gasteiger partial charge in [0.1, 0.15) is 5.82 Å². The Hall–Kier alpha value is -1.78. The van der Waals surface area contributed by atoms with Crippen LogP contribution in [-0.2, 0) is 6.54 Å². The summed E-state index contributed by atoms with van der Waals surface area (Å²) in [6.07, 6.45) is 0. The van der Waals surface area contributed by atoms with Gasteiger partial charge in [-0.2, -0.15) is 0 Å². The van der Waals surface area contributed by atoms with E-state index in [1.807, 2.05) is 36.4 Å². The Labute approximate surface area is 114 Å². The Kier molecular flexibility index (Phi) is 3.27. The second-order valence-electron chi connectivity index (χ2n) is 4.26. The molecule has 0 fully saturated rings. The molecule has 0 bridgehead atoms. The molecular weight excluding hydrogens is 259 g/mol. The lowest BCUT2D eigenvalue weighted by molar-refractivity contribution is 0.597. The van der Waals surface area contributed by atoms with E-state index in [2.05, 4.69) is 4.98 Å². The third kappa shape index (κ3) is 2.37. The summed E-state index contributed by atoms with van der Waals surface area (Å²) in [7, 11) is 0. The van der Waals surface area contributed by atoms with Crippen molar-refractivity contribution < 1.29 is 4.39 Å².